The molecule has 0 aliphatic carbocycles. The van der Waals surface area contributed by atoms with E-state index in [1.54, 1.807) is 13.3 Å². The molecule has 0 bridgehead atoms. The van der Waals surface area contributed by atoms with Crippen LogP contribution in [0.4, 0.5) is 5.13 Å². The van der Waals surface area contributed by atoms with Crippen molar-refractivity contribution in [3.63, 3.8) is 0 Å². The molecule has 0 radical (unpaired) electrons. The van der Waals surface area contributed by atoms with E-state index in [0.717, 1.165) is 16.5 Å². The maximum absolute atomic E-state index is 5.05. The molecule has 0 unspecified atom stereocenters. The summed E-state index contributed by atoms with van der Waals surface area (Å²) < 4.78 is 9.14. The van der Waals surface area contributed by atoms with Crippen molar-refractivity contribution < 1.29 is 4.74 Å². The highest BCUT2D eigenvalue weighted by atomic mass is 32.1. The maximum Gasteiger partial charge on any atom is 0.213 e. The van der Waals surface area contributed by atoms with E-state index in [4.69, 9.17) is 4.74 Å². The third kappa shape index (κ3) is 2.66. The lowest BCUT2D eigenvalue weighted by Crippen LogP contribution is -1.99. The average molecular weight is 236 g/mol. The van der Waals surface area contributed by atoms with Crippen LogP contribution in [0.3, 0.4) is 0 Å². The van der Waals surface area contributed by atoms with E-state index in [1.807, 2.05) is 19.1 Å². The summed E-state index contributed by atoms with van der Waals surface area (Å²) in [6.45, 7) is 2.56. The highest BCUT2D eigenvalue weighted by Gasteiger charge is 2.00. The first-order chi connectivity index (χ1) is 7.78. The lowest BCUT2D eigenvalue weighted by molar-refractivity contribution is 0.397. The summed E-state index contributed by atoms with van der Waals surface area (Å²) in [5, 5.41) is 4.02. The van der Waals surface area contributed by atoms with Crippen LogP contribution < -0.4 is 10.1 Å². The molecule has 0 spiro atoms. The van der Waals surface area contributed by atoms with Gasteiger partial charge in [-0.1, -0.05) is 0 Å². The second-order valence-corrected chi connectivity index (χ2v) is 3.96. The lowest BCUT2D eigenvalue weighted by Gasteiger charge is -2.03. The summed E-state index contributed by atoms with van der Waals surface area (Å²) in [7, 11) is 1.60. The number of pyridine rings is 1. The highest BCUT2D eigenvalue weighted by molar-refractivity contribution is 7.09. The topological polar surface area (TPSA) is 59.9 Å². The zero-order chi connectivity index (χ0) is 11.4. The van der Waals surface area contributed by atoms with Gasteiger partial charge < -0.3 is 10.1 Å². The number of hydrogen-bond acceptors (Lipinski definition) is 6. The van der Waals surface area contributed by atoms with Crippen molar-refractivity contribution in [1.82, 2.24) is 14.3 Å². The fraction of sp³-hybridized carbons (Fsp3) is 0.300. The highest BCUT2D eigenvalue weighted by Crippen LogP contribution is 2.13. The van der Waals surface area contributed by atoms with Gasteiger partial charge in [0.15, 0.2) is 0 Å². The molecule has 0 atom stereocenters. The van der Waals surface area contributed by atoms with E-state index in [1.165, 1.54) is 11.5 Å². The van der Waals surface area contributed by atoms with Gasteiger partial charge in [0.25, 0.3) is 0 Å². The zero-order valence-electron chi connectivity index (χ0n) is 9.10. The first kappa shape index (κ1) is 10.8. The minimum Gasteiger partial charge on any atom is -0.481 e. The first-order valence-electron chi connectivity index (χ1n) is 4.81. The Morgan fingerprint density at radius 3 is 3.06 bits per heavy atom. The van der Waals surface area contributed by atoms with Crippen molar-refractivity contribution in [2.45, 2.75) is 13.5 Å². The Morgan fingerprint density at radius 1 is 1.50 bits per heavy atom. The van der Waals surface area contributed by atoms with E-state index in [2.05, 4.69) is 19.7 Å². The van der Waals surface area contributed by atoms with Gasteiger partial charge in [-0.3, -0.25) is 0 Å². The van der Waals surface area contributed by atoms with Crippen molar-refractivity contribution in [3.05, 3.63) is 29.7 Å². The van der Waals surface area contributed by atoms with Crippen LogP contribution in [0.5, 0.6) is 5.88 Å². The predicted molar refractivity (Wildman–Crippen MR) is 62.8 cm³/mol. The molecule has 0 aliphatic heterocycles. The van der Waals surface area contributed by atoms with Crippen molar-refractivity contribution in [3.8, 4) is 5.88 Å². The third-order valence-electron chi connectivity index (χ3n) is 1.98. The van der Waals surface area contributed by atoms with E-state index < -0.39 is 0 Å². The molecule has 2 rings (SSSR count). The molecule has 0 amide bonds. The van der Waals surface area contributed by atoms with Crippen molar-refractivity contribution >= 4 is 16.7 Å². The van der Waals surface area contributed by atoms with Crippen LogP contribution in [-0.4, -0.2) is 21.5 Å². The van der Waals surface area contributed by atoms with Crippen LogP contribution in [0.15, 0.2) is 18.3 Å². The summed E-state index contributed by atoms with van der Waals surface area (Å²) in [6.07, 6.45) is 1.72. The summed E-state index contributed by atoms with van der Waals surface area (Å²) in [6, 6.07) is 3.82. The monoisotopic (exact) mass is 236 g/mol. The van der Waals surface area contributed by atoms with Gasteiger partial charge in [-0.05, 0) is 18.6 Å². The molecule has 6 heteroatoms. The normalized spacial score (nSPS) is 10.1. The molecule has 0 saturated heterocycles. The van der Waals surface area contributed by atoms with Gasteiger partial charge in [-0.25, -0.2) is 9.97 Å². The smallest absolute Gasteiger partial charge is 0.213 e. The van der Waals surface area contributed by atoms with E-state index in [0.29, 0.717) is 12.4 Å². The fourth-order valence-corrected chi connectivity index (χ4v) is 1.79. The van der Waals surface area contributed by atoms with Crippen LogP contribution in [0, 0.1) is 6.92 Å². The van der Waals surface area contributed by atoms with Gasteiger partial charge in [0, 0.05) is 30.3 Å². The molecule has 0 saturated carbocycles. The predicted octanol–water partition coefficient (Wildman–Crippen LogP) is 1.86. The zero-order valence-corrected chi connectivity index (χ0v) is 9.91. The number of methoxy groups -OCH3 is 1. The molecule has 16 heavy (non-hydrogen) atoms. The van der Waals surface area contributed by atoms with E-state index >= 15 is 0 Å². The van der Waals surface area contributed by atoms with Crippen LogP contribution in [-0.2, 0) is 6.54 Å². The van der Waals surface area contributed by atoms with Crippen molar-refractivity contribution in [2.24, 2.45) is 0 Å². The van der Waals surface area contributed by atoms with E-state index in [9.17, 15) is 0 Å². The fourth-order valence-electron chi connectivity index (χ4n) is 1.22. The maximum atomic E-state index is 5.05. The minimum atomic E-state index is 0.618. The molecule has 1 N–H and O–H groups in total. The van der Waals surface area contributed by atoms with Crippen LogP contribution in [0.2, 0.25) is 0 Å². The summed E-state index contributed by atoms with van der Waals surface area (Å²) >= 11 is 1.36. The van der Waals surface area contributed by atoms with Crippen LogP contribution in [0.1, 0.15) is 11.4 Å². The number of ether oxygens (including phenoxy) is 1. The Kier molecular flexibility index (Phi) is 3.31. The molecule has 2 aromatic rings. The molecule has 0 aliphatic rings. The number of anilines is 1. The largest absolute Gasteiger partial charge is 0.481 e. The first-order valence-corrected chi connectivity index (χ1v) is 5.58. The number of nitrogens with one attached hydrogen (secondary N) is 1. The quantitative estimate of drug-likeness (QED) is 0.878. The van der Waals surface area contributed by atoms with Gasteiger partial charge in [0.1, 0.15) is 5.82 Å². The SMILES string of the molecule is COc1cc(CNc2nc(C)ns2)ccn1. The number of aromatic nitrogens is 3. The van der Waals surface area contributed by atoms with Gasteiger partial charge in [0.05, 0.1) is 7.11 Å². The summed E-state index contributed by atoms with van der Waals surface area (Å²) in [4.78, 5) is 8.26. The number of aryl methyl sites for hydroxylation is 1. The summed E-state index contributed by atoms with van der Waals surface area (Å²) in [5.74, 6) is 1.41. The second-order valence-electron chi connectivity index (χ2n) is 3.21. The Hall–Kier alpha value is -1.69. The number of nitrogens with zero attached hydrogens (tertiary/aromatic N) is 3. The standard InChI is InChI=1S/C10H12N4OS/c1-7-13-10(16-14-7)12-6-8-3-4-11-9(5-8)15-2/h3-5H,6H2,1-2H3,(H,12,13,14). The van der Waals surface area contributed by atoms with Gasteiger partial charge >= 0.3 is 0 Å². The lowest BCUT2D eigenvalue weighted by atomic mass is 10.3. The Labute approximate surface area is 97.7 Å². The van der Waals surface area contributed by atoms with Gasteiger partial charge in [0.2, 0.25) is 11.0 Å². The average Bonchev–Trinajstić information content (AvgIpc) is 2.73. The molecule has 5 nitrogen and oxygen atoms in total. The number of hydrogen-bond donors (Lipinski definition) is 1. The molecule has 0 aromatic carbocycles. The Balaban J connectivity index is 1.99. The molecule has 0 fully saturated rings. The summed E-state index contributed by atoms with van der Waals surface area (Å²) in [5.41, 5.74) is 1.10. The Morgan fingerprint density at radius 2 is 2.38 bits per heavy atom. The van der Waals surface area contributed by atoms with Crippen LogP contribution >= 0.6 is 11.5 Å². The van der Waals surface area contributed by atoms with E-state index in [-0.39, 0.29) is 0 Å². The van der Waals surface area contributed by atoms with Crippen molar-refractivity contribution in [2.75, 3.05) is 12.4 Å². The molecule has 2 aromatic heterocycles. The third-order valence-corrected chi connectivity index (χ3v) is 2.74. The second kappa shape index (κ2) is 4.89. The molecule has 84 valence electrons. The van der Waals surface area contributed by atoms with Gasteiger partial charge in [-0.2, -0.15) is 4.37 Å². The Bertz CT molecular complexity index is 471. The minimum absolute atomic E-state index is 0.618. The molecule has 2 heterocycles. The molecular formula is C10H12N4OS. The molecular weight excluding hydrogens is 224 g/mol. The van der Waals surface area contributed by atoms with Crippen LogP contribution in [0.25, 0.3) is 0 Å². The van der Waals surface area contributed by atoms with Crippen molar-refractivity contribution in [1.29, 1.82) is 0 Å². The number of rotatable bonds is 4. The van der Waals surface area contributed by atoms with Gasteiger partial charge in [-0.15, -0.1) is 0 Å².